The molecule has 0 saturated carbocycles. The molecule has 0 saturated heterocycles. The van der Waals surface area contributed by atoms with Crippen molar-refractivity contribution in [1.29, 1.82) is 0 Å². The van der Waals surface area contributed by atoms with Gasteiger partial charge in [0.15, 0.2) is 0 Å². The van der Waals surface area contributed by atoms with Crippen molar-refractivity contribution < 1.29 is 19.1 Å². The number of benzene rings is 2. The van der Waals surface area contributed by atoms with E-state index in [2.05, 4.69) is 0 Å². The number of ether oxygens (including phenoxy) is 2. The zero-order chi connectivity index (χ0) is 18.2. The minimum Gasteiger partial charge on any atom is -0.489 e. The van der Waals surface area contributed by atoms with Crippen LogP contribution < -0.4 is 4.74 Å². The first-order valence-corrected chi connectivity index (χ1v) is 8.52. The maximum atomic E-state index is 12.4. The molecular formula is C21H24O4. The van der Waals surface area contributed by atoms with Crippen molar-refractivity contribution in [2.75, 3.05) is 6.61 Å². The molecule has 0 heterocycles. The van der Waals surface area contributed by atoms with Gasteiger partial charge >= 0.3 is 5.97 Å². The molecule has 132 valence electrons. The van der Waals surface area contributed by atoms with Gasteiger partial charge in [0.05, 0.1) is 6.61 Å². The summed E-state index contributed by atoms with van der Waals surface area (Å²) in [5.74, 6) is -0.670. The smallest absolute Gasteiger partial charge is 0.379 e. The number of rotatable bonds is 8. The maximum absolute atomic E-state index is 12.4. The third-order valence-electron chi connectivity index (χ3n) is 3.91. The van der Waals surface area contributed by atoms with E-state index in [0.29, 0.717) is 11.1 Å². The molecule has 4 heteroatoms. The molecule has 25 heavy (non-hydrogen) atoms. The molecule has 0 atom stereocenters. The van der Waals surface area contributed by atoms with Crippen molar-refractivity contribution in [3.63, 3.8) is 0 Å². The highest BCUT2D eigenvalue weighted by Gasteiger charge is 2.21. The van der Waals surface area contributed by atoms with Gasteiger partial charge in [0.25, 0.3) is 5.78 Å². The molecule has 0 bridgehead atoms. The van der Waals surface area contributed by atoms with Crippen molar-refractivity contribution in [2.24, 2.45) is 0 Å². The molecule has 0 aliphatic carbocycles. The number of unbranched alkanes of at least 4 members (excludes halogenated alkanes) is 1. The molecule has 0 aromatic heterocycles. The summed E-state index contributed by atoms with van der Waals surface area (Å²) in [5, 5.41) is 0. The molecule has 0 spiro atoms. The van der Waals surface area contributed by atoms with Crippen LogP contribution in [0.3, 0.4) is 0 Å². The standard InChI is InChI=1S/C21H24O4/c1-4-5-12-24-21(23)20(22)18-9-7-6-8-17(18)14-25-19-13-15(2)10-11-16(19)3/h6-11,13H,4-5,12,14H2,1-3H3. The Bertz CT molecular complexity index is 749. The summed E-state index contributed by atoms with van der Waals surface area (Å²) in [6.45, 7) is 6.44. The SMILES string of the molecule is CCCCOC(=O)C(=O)c1ccccc1COc1cc(C)ccc1C. The molecule has 4 nitrogen and oxygen atoms in total. The summed E-state index contributed by atoms with van der Waals surface area (Å²) in [5.41, 5.74) is 3.12. The van der Waals surface area contributed by atoms with Gasteiger partial charge in [0, 0.05) is 11.1 Å². The molecule has 0 N–H and O–H groups in total. The molecule has 0 aliphatic heterocycles. The highest BCUT2D eigenvalue weighted by molar-refractivity contribution is 6.41. The minimum atomic E-state index is -0.812. The Morgan fingerprint density at radius 2 is 1.80 bits per heavy atom. The molecule has 0 aliphatic rings. The van der Waals surface area contributed by atoms with Crippen LogP contribution in [0.15, 0.2) is 42.5 Å². The molecule has 2 rings (SSSR count). The molecule has 0 unspecified atom stereocenters. The van der Waals surface area contributed by atoms with Crippen LogP contribution >= 0.6 is 0 Å². The number of Topliss-reactive ketones (excluding diaryl/α,β-unsaturated/α-hetero) is 1. The average molecular weight is 340 g/mol. The number of carbonyl (C=O) groups is 2. The lowest BCUT2D eigenvalue weighted by molar-refractivity contribution is -0.138. The lowest BCUT2D eigenvalue weighted by atomic mass is 10.0. The zero-order valence-corrected chi connectivity index (χ0v) is 15.0. The van der Waals surface area contributed by atoms with E-state index in [1.54, 1.807) is 18.2 Å². The van der Waals surface area contributed by atoms with Gasteiger partial charge in [-0.1, -0.05) is 49.7 Å². The predicted octanol–water partition coefficient (Wildman–Crippen LogP) is 4.41. The summed E-state index contributed by atoms with van der Waals surface area (Å²) < 4.78 is 10.9. The van der Waals surface area contributed by atoms with Gasteiger partial charge in [-0.05, 0) is 37.5 Å². The zero-order valence-electron chi connectivity index (χ0n) is 15.0. The van der Waals surface area contributed by atoms with E-state index in [4.69, 9.17) is 9.47 Å². The predicted molar refractivity (Wildman–Crippen MR) is 96.9 cm³/mol. The van der Waals surface area contributed by atoms with E-state index in [-0.39, 0.29) is 13.2 Å². The fourth-order valence-electron chi connectivity index (χ4n) is 2.37. The third kappa shape index (κ3) is 5.18. The molecule has 0 fully saturated rings. The van der Waals surface area contributed by atoms with Crippen molar-refractivity contribution in [3.05, 3.63) is 64.7 Å². The van der Waals surface area contributed by atoms with E-state index in [0.717, 1.165) is 29.7 Å². The second-order valence-corrected chi connectivity index (χ2v) is 6.03. The van der Waals surface area contributed by atoms with Gasteiger partial charge in [-0.15, -0.1) is 0 Å². The number of carbonyl (C=O) groups excluding carboxylic acids is 2. The fourth-order valence-corrected chi connectivity index (χ4v) is 2.37. The Hall–Kier alpha value is -2.62. The van der Waals surface area contributed by atoms with Crippen LogP contribution in [-0.2, 0) is 16.1 Å². The van der Waals surface area contributed by atoms with Crippen LogP contribution in [0.2, 0.25) is 0 Å². The van der Waals surface area contributed by atoms with Crippen molar-refractivity contribution in [2.45, 2.75) is 40.2 Å². The molecule has 2 aromatic rings. The van der Waals surface area contributed by atoms with Gasteiger partial charge in [-0.3, -0.25) is 4.79 Å². The Morgan fingerprint density at radius 3 is 2.56 bits per heavy atom. The summed E-state index contributed by atoms with van der Waals surface area (Å²) >= 11 is 0. The molecule has 0 radical (unpaired) electrons. The minimum absolute atomic E-state index is 0.217. The van der Waals surface area contributed by atoms with Gasteiger partial charge in [-0.25, -0.2) is 4.79 Å². The summed E-state index contributed by atoms with van der Waals surface area (Å²) in [4.78, 5) is 24.3. The number of aryl methyl sites for hydroxylation is 2. The quantitative estimate of drug-likeness (QED) is 0.309. The summed E-state index contributed by atoms with van der Waals surface area (Å²) in [6.07, 6.45) is 1.65. The van der Waals surface area contributed by atoms with E-state index >= 15 is 0 Å². The van der Waals surface area contributed by atoms with Crippen LogP contribution in [0.25, 0.3) is 0 Å². The number of esters is 1. The van der Waals surface area contributed by atoms with Gasteiger partial charge in [-0.2, -0.15) is 0 Å². The number of ketones is 1. The topological polar surface area (TPSA) is 52.6 Å². The number of hydrogen-bond donors (Lipinski definition) is 0. The third-order valence-corrected chi connectivity index (χ3v) is 3.91. The first-order valence-electron chi connectivity index (χ1n) is 8.52. The van der Waals surface area contributed by atoms with Gasteiger partial charge in [0.1, 0.15) is 12.4 Å². The molecular weight excluding hydrogens is 316 g/mol. The summed E-state index contributed by atoms with van der Waals surface area (Å²) in [6, 6.07) is 12.9. The van der Waals surface area contributed by atoms with Crippen molar-refractivity contribution in [1.82, 2.24) is 0 Å². The maximum Gasteiger partial charge on any atom is 0.379 e. The van der Waals surface area contributed by atoms with Crippen LogP contribution in [0.5, 0.6) is 5.75 Å². The second-order valence-electron chi connectivity index (χ2n) is 6.03. The Morgan fingerprint density at radius 1 is 1.04 bits per heavy atom. The van der Waals surface area contributed by atoms with Gasteiger partial charge < -0.3 is 9.47 Å². The normalized spacial score (nSPS) is 10.4. The Labute approximate surface area is 148 Å². The van der Waals surface area contributed by atoms with E-state index < -0.39 is 11.8 Å². The van der Waals surface area contributed by atoms with Crippen LogP contribution in [0.4, 0.5) is 0 Å². The van der Waals surface area contributed by atoms with E-state index in [1.165, 1.54) is 0 Å². The highest BCUT2D eigenvalue weighted by atomic mass is 16.5. The summed E-state index contributed by atoms with van der Waals surface area (Å²) in [7, 11) is 0. The Kier molecular flexibility index (Phi) is 6.75. The van der Waals surface area contributed by atoms with Crippen molar-refractivity contribution in [3.8, 4) is 5.75 Å². The monoisotopic (exact) mass is 340 g/mol. The fraction of sp³-hybridized carbons (Fsp3) is 0.333. The lowest BCUT2D eigenvalue weighted by Gasteiger charge is -2.12. The largest absolute Gasteiger partial charge is 0.489 e. The van der Waals surface area contributed by atoms with E-state index in [1.807, 2.05) is 45.0 Å². The number of hydrogen-bond acceptors (Lipinski definition) is 4. The second kappa shape index (κ2) is 9.02. The first kappa shape index (κ1) is 18.7. The van der Waals surface area contributed by atoms with Crippen molar-refractivity contribution >= 4 is 11.8 Å². The first-order chi connectivity index (χ1) is 12.0. The van der Waals surface area contributed by atoms with E-state index in [9.17, 15) is 9.59 Å². The Balaban J connectivity index is 2.11. The van der Waals surface area contributed by atoms with Crippen LogP contribution in [0.1, 0.15) is 46.8 Å². The highest BCUT2D eigenvalue weighted by Crippen LogP contribution is 2.21. The average Bonchev–Trinajstić information content (AvgIpc) is 2.62. The molecule has 2 aromatic carbocycles. The lowest BCUT2D eigenvalue weighted by Crippen LogP contribution is -2.20. The van der Waals surface area contributed by atoms with Crippen LogP contribution in [-0.4, -0.2) is 18.4 Å². The molecule has 0 amide bonds. The van der Waals surface area contributed by atoms with Gasteiger partial charge in [0.2, 0.25) is 0 Å². The van der Waals surface area contributed by atoms with Crippen LogP contribution in [0, 0.1) is 13.8 Å².